The van der Waals surface area contributed by atoms with Crippen LogP contribution < -0.4 is 5.32 Å². The highest BCUT2D eigenvalue weighted by Gasteiger charge is 2.42. The maximum Gasteiger partial charge on any atom is 0.329 e. The Hall–Kier alpha value is -2.64. The van der Waals surface area contributed by atoms with E-state index < -0.39 is 11.5 Å². The predicted molar refractivity (Wildman–Crippen MR) is 86.5 cm³/mol. The van der Waals surface area contributed by atoms with Crippen molar-refractivity contribution in [1.29, 1.82) is 0 Å². The summed E-state index contributed by atoms with van der Waals surface area (Å²) in [5.41, 5.74) is -1.15. The van der Waals surface area contributed by atoms with Crippen LogP contribution in [-0.2, 0) is 16.0 Å². The molecular formula is C17H21N3O5. The van der Waals surface area contributed by atoms with Crippen molar-refractivity contribution in [3.63, 3.8) is 0 Å². The molecule has 8 heteroatoms. The molecule has 3 rings (SSSR count). The van der Waals surface area contributed by atoms with Crippen LogP contribution in [0.25, 0.3) is 11.6 Å². The summed E-state index contributed by atoms with van der Waals surface area (Å²) in [6.07, 6.45) is 4.34. The van der Waals surface area contributed by atoms with Crippen molar-refractivity contribution in [3.05, 3.63) is 24.3 Å². The summed E-state index contributed by atoms with van der Waals surface area (Å²) in [4.78, 5) is 28.1. The van der Waals surface area contributed by atoms with Gasteiger partial charge in [0.2, 0.25) is 17.6 Å². The van der Waals surface area contributed by atoms with Gasteiger partial charge in [-0.05, 0) is 43.7 Å². The first-order chi connectivity index (χ1) is 12.0. The lowest BCUT2D eigenvalue weighted by Crippen LogP contribution is -2.56. The minimum absolute atomic E-state index is 0.0877. The van der Waals surface area contributed by atoms with Crippen LogP contribution in [0.3, 0.4) is 0 Å². The van der Waals surface area contributed by atoms with E-state index in [4.69, 9.17) is 8.94 Å². The lowest BCUT2D eigenvalue weighted by Gasteiger charge is -2.36. The highest BCUT2D eigenvalue weighted by molar-refractivity contribution is 5.87. The van der Waals surface area contributed by atoms with Crippen molar-refractivity contribution in [1.82, 2.24) is 15.5 Å². The van der Waals surface area contributed by atoms with Crippen LogP contribution in [0.15, 0.2) is 27.3 Å². The molecule has 0 atom stereocenters. The maximum absolute atomic E-state index is 12.2. The van der Waals surface area contributed by atoms with Gasteiger partial charge < -0.3 is 19.4 Å². The molecule has 1 amide bonds. The average molecular weight is 347 g/mol. The average Bonchev–Trinajstić information content (AvgIpc) is 3.26. The molecule has 0 aliphatic heterocycles. The third kappa shape index (κ3) is 3.89. The summed E-state index contributed by atoms with van der Waals surface area (Å²) < 4.78 is 10.3. The Morgan fingerprint density at radius 2 is 2.16 bits per heavy atom. The third-order valence-electron chi connectivity index (χ3n) is 4.69. The monoisotopic (exact) mass is 347 g/mol. The number of carbonyl (C=O) groups excluding carboxylic acids is 1. The van der Waals surface area contributed by atoms with Gasteiger partial charge in [0.25, 0.3) is 0 Å². The van der Waals surface area contributed by atoms with E-state index in [1.54, 1.807) is 12.1 Å². The Morgan fingerprint density at radius 3 is 2.80 bits per heavy atom. The molecule has 0 spiro atoms. The summed E-state index contributed by atoms with van der Waals surface area (Å²) in [6, 6.07) is 3.43. The van der Waals surface area contributed by atoms with Gasteiger partial charge in [0.05, 0.1) is 6.26 Å². The molecule has 0 bridgehead atoms. The predicted octanol–water partition coefficient (Wildman–Crippen LogP) is 2.41. The number of carbonyl (C=O) groups is 2. The van der Waals surface area contributed by atoms with Gasteiger partial charge in [0.15, 0.2) is 5.76 Å². The van der Waals surface area contributed by atoms with E-state index in [1.165, 1.54) is 6.26 Å². The Labute approximate surface area is 144 Å². The van der Waals surface area contributed by atoms with Crippen molar-refractivity contribution in [2.24, 2.45) is 5.92 Å². The number of hydrogen-bond donors (Lipinski definition) is 2. The largest absolute Gasteiger partial charge is 0.480 e. The van der Waals surface area contributed by atoms with Crippen molar-refractivity contribution in [2.75, 3.05) is 0 Å². The van der Waals surface area contributed by atoms with Gasteiger partial charge >= 0.3 is 5.97 Å². The first-order valence-electron chi connectivity index (χ1n) is 8.39. The van der Waals surface area contributed by atoms with Crippen LogP contribution >= 0.6 is 0 Å². The second kappa shape index (κ2) is 7.08. The number of aryl methyl sites for hydroxylation is 1. The number of rotatable bonds is 6. The topological polar surface area (TPSA) is 118 Å². The van der Waals surface area contributed by atoms with E-state index >= 15 is 0 Å². The summed E-state index contributed by atoms with van der Waals surface area (Å²) in [5, 5.41) is 16.1. The Balaban J connectivity index is 1.56. The molecule has 2 N–H and O–H groups in total. The molecule has 0 aromatic carbocycles. The summed E-state index contributed by atoms with van der Waals surface area (Å²) in [6.45, 7) is 2.10. The van der Waals surface area contributed by atoms with Crippen LogP contribution in [0.1, 0.15) is 44.9 Å². The van der Waals surface area contributed by atoms with Gasteiger partial charge in [-0.3, -0.25) is 4.79 Å². The molecule has 0 unspecified atom stereocenters. The zero-order valence-electron chi connectivity index (χ0n) is 14.0. The molecule has 1 aliphatic carbocycles. The summed E-state index contributed by atoms with van der Waals surface area (Å²) >= 11 is 0. The lowest BCUT2D eigenvalue weighted by molar-refractivity contribution is -0.149. The fourth-order valence-corrected chi connectivity index (χ4v) is 3.06. The number of carboxylic acids is 1. The van der Waals surface area contributed by atoms with Gasteiger partial charge in [0, 0.05) is 12.8 Å². The molecule has 1 fully saturated rings. The van der Waals surface area contributed by atoms with Gasteiger partial charge in [-0.25, -0.2) is 4.79 Å². The number of aromatic nitrogens is 2. The Bertz CT molecular complexity index is 729. The number of aliphatic carboxylic acids is 1. The third-order valence-corrected chi connectivity index (χ3v) is 4.69. The van der Waals surface area contributed by atoms with Gasteiger partial charge in [-0.15, -0.1) is 0 Å². The molecule has 2 heterocycles. The van der Waals surface area contributed by atoms with Crippen molar-refractivity contribution >= 4 is 11.9 Å². The minimum atomic E-state index is -1.15. The number of carboxylic acid groups (broad SMARTS) is 1. The SMILES string of the molecule is CC1CCC(NC(=O)CCc2nc(-c3ccco3)no2)(C(=O)O)CC1. The standard InChI is InChI=1S/C17H21N3O5/c1-11-6-8-17(9-7-11,16(22)23)19-13(21)4-5-14-18-15(20-25-14)12-3-2-10-24-12/h2-3,10-11H,4-9H2,1H3,(H,19,21)(H,22,23). The zero-order chi connectivity index (χ0) is 17.9. The highest BCUT2D eigenvalue weighted by atomic mass is 16.5. The normalized spacial score (nSPS) is 23.3. The van der Waals surface area contributed by atoms with Crippen LogP contribution in [0, 0.1) is 5.92 Å². The fraction of sp³-hybridized carbons (Fsp3) is 0.529. The first-order valence-corrected chi connectivity index (χ1v) is 8.39. The quantitative estimate of drug-likeness (QED) is 0.823. The van der Waals surface area contributed by atoms with Gasteiger partial charge in [-0.2, -0.15) is 4.98 Å². The fourth-order valence-electron chi connectivity index (χ4n) is 3.06. The van der Waals surface area contributed by atoms with E-state index in [0.29, 0.717) is 36.2 Å². The van der Waals surface area contributed by atoms with E-state index in [-0.39, 0.29) is 18.7 Å². The molecule has 134 valence electrons. The smallest absolute Gasteiger partial charge is 0.329 e. The molecule has 1 saturated carbocycles. The van der Waals surface area contributed by atoms with E-state index in [1.807, 2.05) is 0 Å². The highest BCUT2D eigenvalue weighted by Crippen LogP contribution is 2.32. The molecule has 2 aromatic heterocycles. The van der Waals surface area contributed by atoms with Gasteiger partial charge in [0.1, 0.15) is 5.54 Å². The second-order valence-electron chi connectivity index (χ2n) is 6.61. The number of hydrogen-bond acceptors (Lipinski definition) is 6. The molecular weight excluding hydrogens is 326 g/mol. The zero-order valence-corrected chi connectivity index (χ0v) is 14.0. The van der Waals surface area contributed by atoms with Crippen molar-refractivity contribution in [3.8, 4) is 11.6 Å². The lowest BCUT2D eigenvalue weighted by atomic mass is 9.77. The van der Waals surface area contributed by atoms with Crippen molar-refractivity contribution < 1.29 is 23.6 Å². The van der Waals surface area contributed by atoms with Crippen LogP contribution in [0.2, 0.25) is 0 Å². The molecule has 2 aromatic rings. The molecule has 0 radical (unpaired) electrons. The number of amides is 1. The Morgan fingerprint density at radius 1 is 1.40 bits per heavy atom. The number of nitrogens with zero attached hydrogens (tertiary/aromatic N) is 2. The molecule has 8 nitrogen and oxygen atoms in total. The second-order valence-corrected chi connectivity index (χ2v) is 6.61. The van der Waals surface area contributed by atoms with E-state index in [0.717, 1.165) is 12.8 Å². The first kappa shape index (κ1) is 17.2. The van der Waals surface area contributed by atoms with Crippen LogP contribution in [0.5, 0.6) is 0 Å². The summed E-state index contributed by atoms with van der Waals surface area (Å²) in [7, 11) is 0. The number of furan rings is 1. The number of nitrogens with one attached hydrogen (secondary N) is 1. The van der Waals surface area contributed by atoms with Crippen molar-refractivity contribution in [2.45, 2.75) is 51.0 Å². The molecule has 1 aliphatic rings. The maximum atomic E-state index is 12.2. The minimum Gasteiger partial charge on any atom is -0.480 e. The van der Waals surface area contributed by atoms with E-state index in [2.05, 4.69) is 22.4 Å². The van der Waals surface area contributed by atoms with E-state index in [9.17, 15) is 14.7 Å². The molecule has 0 saturated heterocycles. The summed E-state index contributed by atoms with van der Waals surface area (Å²) in [5.74, 6) is 0.315. The molecule has 25 heavy (non-hydrogen) atoms. The van der Waals surface area contributed by atoms with Crippen LogP contribution in [-0.4, -0.2) is 32.7 Å². The van der Waals surface area contributed by atoms with Gasteiger partial charge in [-0.1, -0.05) is 12.1 Å². The Kier molecular flexibility index (Phi) is 4.87. The van der Waals surface area contributed by atoms with Crippen LogP contribution in [0.4, 0.5) is 0 Å².